The van der Waals surface area contributed by atoms with Gasteiger partial charge in [0.25, 0.3) is 5.69 Å². The number of carbonyl (C=O) groups is 4. The van der Waals surface area contributed by atoms with E-state index in [1.54, 1.807) is 12.1 Å². The van der Waals surface area contributed by atoms with Gasteiger partial charge in [0.05, 0.1) is 17.9 Å². The van der Waals surface area contributed by atoms with E-state index >= 15 is 0 Å². The fourth-order valence-corrected chi connectivity index (χ4v) is 4.23. The minimum atomic E-state index is -1.17. The number of imidazole rings is 1. The minimum absolute atomic E-state index is 0.00844. The quantitative estimate of drug-likeness (QED) is 0.155. The normalized spacial score (nSPS) is 19.6. The first-order chi connectivity index (χ1) is 20.0. The first kappa shape index (κ1) is 29.8. The summed E-state index contributed by atoms with van der Waals surface area (Å²) < 4.78 is 28.5. The molecule has 1 aliphatic rings. The number of non-ortho nitro benzene ring substituents is 1. The molecule has 4 rings (SSSR count). The molecule has 3 heterocycles. The van der Waals surface area contributed by atoms with E-state index in [1.165, 1.54) is 43.8 Å². The largest absolute Gasteiger partial charge is 0.463 e. The molecule has 1 aromatic carbocycles. The van der Waals surface area contributed by atoms with Crippen molar-refractivity contribution < 1.29 is 47.8 Å². The van der Waals surface area contributed by atoms with Gasteiger partial charge in [-0.25, -0.2) is 19.7 Å². The van der Waals surface area contributed by atoms with Gasteiger partial charge in [-0.05, 0) is 5.56 Å². The molecule has 1 aliphatic heterocycles. The summed E-state index contributed by atoms with van der Waals surface area (Å²) in [7, 11) is 0. The molecule has 2 aromatic heterocycles. The Bertz CT molecular complexity index is 1490. The molecular weight excluding hydrogens is 560 g/mol. The number of nitro groups is 1. The monoisotopic (exact) mass is 586 g/mol. The zero-order valence-electron chi connectivity index (χ0n) is 22.6. The van der Waals surface area contributed by atoms with Crippen LogP contribution in [0.3, 0.4) is 0 Å². The fourth-order valence-electron chi connectivity index (χ4n) is 4.23. The number of esters is 3. The Morgan fingerprint density at radius 3 is 2.31 bits per heavy atom. The molecule has 17 nitrogen and oxygen atoms in total. The second-order valence-electron chi connectivity index (χ2n) is 9.00. The van der Waals surface area contributed by atoms with Crippen molar-refractivity contribution in [3.05, 3.63) is 52.6 Å². The first-order valence-electron chi connectivity index (χ1n) is 12.5. The topological polar surface area (TPSA) is 213 Å². The summed E-state index contributed by atoms with van der Waals surface area (Å²) >= 11 is 0. The summed E-state index contributed by atoms with van der Waals surface area (Å²) in [6, 6.07) is 5.85. The van der Waals surface area contributed by atoms with E-state index in [4.69, 9.17) is 23.7 Å². The highest BCUT2D eigenvalue weighted by molar-refractivity contribution is 5.93. The van der Waals surface area contributed by atoms with Crippen molar-refractivity contribution in [1.29, 1.82) is 0 Å². The summed E-state index contributed by atoms with van der Waals surface area (Å²) in [5.74, 6) is -1.94. The predicted molar refractivity (Wildman–Crippen MR) is 139 cm³/mol. The van der Waals surface area contributed by atoms with E-state index in [2.05, 4.69) is 20.3 Å². The molecule has 1 saturated heterocycles. The van der Waals surface area contributed by atoms with Crippen LogP contribution in [0.2, 0.25) is 0 Å². The van der Waals surface area contributed by atoms with Crippen LogP contribution in [0.25, 0.3) is 11.2 Å². The van der Waals surface area contributed by atoms with Crippen LogP contribution < -0.4 is 5.32 Å². The summed E-state index contributed by atoms with van der Waals surface area (Å²) in [6.07, 6.45) is -2.45. The number of rotatable bonds is 10. The zero-order chi connectivity index (χ0) is 30.4. The third-order valence-electron chi connectivity index (χ3n) is 5.96. The number of hydrogen-bond donors (Lipinski definition) is 1. The lowest BCUT2D eigenvalue weighted by molar-refractivity contribution is -0.384. The number of amides is 1. The Morgan fingerprint density at radius 2 is 1.67 bits per heavy atom. The second kappa shape index (κ2) is 13.0. The van der Waals surface area contributed by atoms with Crippen LogP contribution in [0.5, 0.6) is 0 Å². The molecule has 0 radical (unpaired) electrons. The molecule has 0 aliphatic carbocycles. The molecular formula is C25H26N6O11. The molecule has 0 bridgehead atoms. The maximum absolute atomic E-state index is 12.5. The van der Waals surface area contributed by atoms with Gasteiger partial charge in [-0.2, -0.15) is 0 Å². The zero-order valence-corrected chi connectivity index (χ0v) is 22.6. The van der Waals surface area contributed by atoms with Crippen LogP contribution >= 0.6 is 0 Å². The van der Waals surface area contributed by atoms with Gasteiger partial charge in [0, 0.05) is 39.3 Å². The number of carbonyl (C=O) groups excluding carboxylic acids is 4. The van der Waals surface area contributed by atoms with E-state index in [9.17, 15) is 29.3 Å². The summed E-state index contributed by atoms with van der Waals surface area (Å²) in [5.41, 5.74) is 0.994. The molecule has 3 aromatic rings. The highest BCUT2D eigenvalue weighted by Gasteiger charge is 2.51. The third-order valence-corrected chi connectivity index (χ3v) is 5.96. The average molecular weight is 587 g/mol. The van der Waals surface area contributed by atoms with Gasteiger partial charge >= 0.3 is 24.0 Å². The number of nitrogens with zero attached hydrogens (tertiary/aromatic N) is 5. The molecule has 42 heavy (non-hydrogen) atoms. The van der Waals surface area contributed by atoms with Gasteiger partial charge in [-0.15, -0.1) is 0 Å². The summed E-state index contributed by atoms with van der Waals surface area (Å²) in [6.45, 7) is 3.23. The summed E-state index contributed by atoms with van der Waals surface area (Å²) in [4.78, 5) is 70.4. The smallest absolute Gasteiger partial charge is 0.412 e. The van der Waals surface area contributed by atoms with Crippen LogP contribution in [0.15, 0.2) is 36.9 Å². The molecule has 1 N–H and O–H groups in total. The maximum Gasteiger partial charge on any atom is 0.412 e. The molecule has 4 atom stereocenters. The number of fused-ring (bicyclic) bond motifs is 1. The molecule has 222 valence electrons. The van der Waals surface area contributed by atoms with Crippen molar-refractivity contribution in [3.8, 4) is 0 Å². The van der Waals surface area contributed by atoms with Crippen LogP contribution in [-0.4, -0.2) is 80.0 Å². The third kappa shape index (κ3) is 7.11. The van der Waals surface area contributed by atoms with E-state index in [0.717, 1.165) is 11.9 Å². The van der Waals surface area contributed by atoms with Gasteiger partial charge < -0.3 is 23.7 Å². The lowest BCUT2D eigenvalue weighted by atomic mass is 10.1. The van der Waals surface area contributed by atoms with Gasteiger partial charge in [-0.1, -0.05) is 12.1 Å². The van der Waals surface area contributed by atoms with Crippen LogP contribution in [0.4, 0.5) is 16.3 Å². The molecule has 0 saturated carbocycles. The lowest BCUT2D eigenvalue weighted by Crippen LogP contribution is -2.40. The Morgan fingerprint density at radius 1 is 0.976 bits per heavy atom. The van der Waals surface area contributed by atoms with Crippen LogP contribution in [0, 0.1) is 10.1 Å². The Kier molecular flexibility index (Phi) is 9.21. The first-order valence-corrected chi connectivity index (χ1v) is 12.5. The standard InChI is InChI=1S/C25H26N6O11/c1-13(32)39-10-18-20(40-14(2)33)21(41-15(3)34)24(42-18)30-12-28-19-22(26-11-27-23(19)30)29-25(35)38-9-8-16-4-6-17(7-5-16)31(36)37/h4-7,11-12,18,20-21,24H,8-10H2,1-3H3,(H,26,27,29,35)/t18-,20-,21-,24-/m1/s1. The van der Waals surface area contributed by atoms with Gasteiger partial charge in [0.2, 0.25) is 0 Å². The summed E-state index contributed by atoms with van der Waals surface area (Å²) in [5, 5.41) is 13.3. The maximum atomic E-state index is 12.5. The van der Waals surface area contributed by atoms with E-state index < -0.39 is 53.5 Å². The van der Waals surface area contributed by atoms with Crippen LogP contribution in [0.1, 0.15) is 32.6 Å². The van der Waals surface area contributed by atoms with Crippen molar-refractivity contribution in [2.24, 2.45) is 0 Å². The van der Waals surface area contributed by atoms with Crippen molar-refractivity contribution >= 4 is 46.7 Å². The number of anilines is 1. The second-order valence-corrected chi connectivity index (χ2v) is 9.00. The van der Waals surface area contributed by atoms with Gasteiger partial charge in [-0.3, -0.25) is 34.4 Å². The highest BCUT2D eigenvalue weighted by atomic mass is 16.7. The van der Waals surface area contributed by atoms with Crippen molar-refractivity contribution in [3.63, 3.8) is 0 Å². The molecule has 17 heteroatoms. The number of aromatic nitrogens is 4. The number of hydrogen-bond acceptors (Lipinski definition) is 14. The number of benzene rings is 1. The lowest BCUT2D eigenvalue weighted by Gasteiger charge is -2.23. The predicted octanol–water partition coefficient (Wildman–Crippen LogP) is 1.85. The van der Waals surface area contributed by atoms with Gasteiger partial charge in [0.1, 0.15) is 19.0 Å². The van der Waals surface area contributed by atoms with Gasteiger partial charge in [0.15, 0.2) is 35.4 Å². The molecule has 0 spiro atoms. The SMILES string of the molecule is CC(=O)OC[C@H]1O[C@@H](n2cnc3c(NC(=O)OCCc4ccc([N+](=O)[O-])cc4)ncnc32)[C@H](OC(C)=O)[C@@H]1OC(C)=O. The Hall–Kier alpha value is -5.19. The number of nitrogens with one attached hydrogen (secondary N) is 1. The Labute approximate surface area is 237 Å². The number of ether oxygens (including phenoxy) is 5. The highest BCUT2D eigenvalue weighted by Crippen LogP contribution is 2.36. The van der Waals surface area contributed by atoms with Crippen molar-refractivity contribution in [2.45, 2.75) is 51.7 Å². The minimum Gasteiger partial charge on any atom is -0.463 e. The Balaban J connectivity index is 1.50. The van der Waals surface area contributed by atoms with E-state index in [-0.39, 0.29) is 35.9 Å². The average Bonchev–Trinajstić information content (AvgIpc) is 3.49. The van der Waals surface area contributed by atoms with Crippen LogP contribution in [-0.2, 0) is 44.5 Å². The van der Waals surface area contributed by atoms with E-state index in [1.807, 2.05) is 0 Å². The number of nitro benzene ring substituents is 1. The molecule has 1 fully saturated rings. The molecule has 1 amide bonds. The van der Waals surface area contributed by atoms with E-state index in [0.29, 0.717) is 6.42 Å². The van der Waals surface area contributed by atoms with Crippen molar-refractivity contribution in [2.75, 3.05) is 18.5 Å². The van der Waals surface area contributed by atoms with Crippen molar-refractivity contribution in [1.82, 2.24) is 19.5 Å². The fraction of sp³-hybridized carbons (Fsp3) is 0.400. The molecule has 0 unspecified atom stereocenters.